The number of methoxy groups -OCH3 is 1. The van der Waals surface area contributed by atoms with E-state index in [1.54, 1.807) is 36.3 Å². The summed E-state index contributed by atoms with van der Waals surface area (Å²) < 4.78 is 6.61. The molecule has 0 saturated heterocycles. The number of hydrogen-bond donors (Lipinski definition) is 2. The average molecular weight is 261 g/mol. The predicted molar refractivity (Wildman–Crippen MR) is 69.6 cm³/mol. The van der Waals surface area contributed by atoms with Crippen molar-refractivity contribution >= 4 is 11.6 Å². The van der Waals surface area contributed by atoms with Crippen LogP contribution in [0.2, 0.25) is 0 Å². The Balaban J connectivity index is 2.01. The molecule has 0 aliphatic heterocycles. The molecule has 0 aliphatic rings. The molecule has 0 fully saturated rings. The smallest absolute Gasteiger partial charge is 0.251 e. The number of ether oxygens (including phenoxy) is 1. The molecule has 7 nitrogen and oxygen atoms in total. The minimum atomic E-state index is -0.234. The van der Waals surface area contributed by atoms with Crippen molar-refractivity contribution in [2.24, 2.45) is 7.05 Å². The molecule has 2 aromatic rings. The quantitative estimate of drug-likeness (QED) is 0.774. The van der Waals surface area contributed by atoms with Crippen molar-refractivity contribution < 1.29 is 9.53 Å². The van der Waals surface area contributed by atoms with Crippen molar-refractivity contribution in [1.82, 2.24) is 20.1 Å². The Hall–Kier alpha value is -2.57. The van der Waals surface area contributed by atoms with Crippen molar-refractivity contribution in [3.63, 3.8) is 0 Å². The SMILES string of the molecule is COc1ccc(C(=O)NCc2ncn(C)n2)cc1N. The van der Waals surface area contributed by atoms with Crippen LogP contribution in [0.25, 0.3) is 0 Å². The number of carbonyl (C=O) groups excluding carboxylic acids is 1. The standard InChI is InChI=1S/C12H15N5O2/c1-17-7-15-11(16-17)6-14-12(18)8-3-4-10(19-2)9(13)5-8/h3-5,7H,6,13H2,1-2H3,(H,14,18). The van der Waals surface area contributed by atoms with Gasteiger partial charge in [-0.2, -0.15) is 5.10 Å². The van der Waals surface area contributed by atoms with Crippen molar-refractivity contribution in [1.29, 1.82) is 0 Å². The van der Waals surface area contributed by atoms with Crippen molar-refractivity contribution in [2.45, 2.75) is 6.54 Å². The fraction of sp³-hybridized carbons (Fsp3) is 0.250. The van der Waals surface area contributed by atoms with E-state index >= 15 is 0 Å². The third-order valence-electron chi connectivity index (χ3n) is 2.55. The zero-order chi connectivity index (χ0) is 13.8. The van der Waals surface area contributed by atoms with E-state index in [0.29, 0.717) is 22.8 Å². The largest absolute Gasteiger partial charge is 0.495 e. The first-order valence-corrected chi connectivity index (χ1v) is 5.66. The van der Waals surface area contributed by atoms with E-state index in [-0.39, 0.29) is 12.5 Å². The fourth-order valence-corrected chi connectivity index (χ4v) is 1.60. The first-order chi connectivity index (χ1) is 9.10. The van der Waals surface area contributed by atoms with E-state index in [1.165, 1.54) is 7.11 Å². The summed E-state index contributed by atoms with van der Waals surface area (Å²) in [6.45, 7) is 0.269. The van der Waals surface area contributed by atoms with Crippen molar-refractivity contribution in [2.75, 3.05) is 12.8 Å². The van der Waals surface area contributed by atoms with E-state index in [9.17, 15) is 4.79 Å². The summed E-state index contributed by atoms with van der Waals surface area (Å²) in [6.07, 6.45) is 1.58. The fourth-order valence-electron chi connectivity index (χ4n) is 1.60. The summed E-state index contributed by atoms with van der Waals surface area (Å²) in [4.78, 5) is 15.9. The summed E-state index contributed by atoms with van der Waals surface area (Å²) >= 11 is 0. The second kappa shape index (κ2) is 5.38. The van der Waals surface area contributed by atoms with Crippen LogP contribution in [0.4, 0.5) is 5.69 Å². The van der Waals surface area contributed by atoms with Gasteiger partial charge in [-0.25, -0.2) is 4.98 Å². The molecule has 7 heteroatoms. The van der Waals surface area contributed by atoms with E-state index in [1.807, 2.05) is 0 Å². The highest BCUT2D eigenvalue weighted by Gasteiger charge is 2.09. The van der Waals surface area contributed by atoms with Crippen LogP contribution in [0.1, 0.15) is 16.2 Å². The number of carbonyl (C=O) groups is 1. The van der Waals surface area contributed by atoms with Gasteiger partial charge in [-0.3, -0.25) is 9.48 Å². The third-order valence-corrected chi connectivity index (χ3v) is 2.55. The summed E-state index contributed by atoms with van der Waals surface area (Å²) in [7, 11) is 3.29. The molecule has 3 N–H and O–H groups in total. The Morgan fingerprint density at radius 3 is 2.89 bits per heavy atom. The Labute approximate surface area is 110 Å². The predicted octanol–water partition coefficient (Wildman–Crippen LogP) is 0.336. The molecule has 0 radical (unpaired) electrons. The average Bonchev–Trinajstić information content (AvgIpc) is 2.81. The third kappa shape index (κ3) is 3.01. The maximum atomic E-state index is 11.9. The zero-order valence-electron chi connectivity index (χ0n) is 10.8. The molecule has 1 aromatic heterocycles. The van der Waals surface area contributed by atoms with Crippen LogP contribution in [0.3, 0.4) is 0 Å². The van der Waals surface area contributed by atoms with Gasteiger partial charge < -0.3 is 15.8 Å². The number of aryl methyl sites for hydroxylation is 1. The first-order valence-electron chi connectivity index (χ1n) is 5.66. The first kappa shape index (κ1) is 12.9. The lowest BCUT2D eigenvalue weighted by Crippen LogP contribution is -2.23. The number of rotatable bonds is 4. The maximum absolute atomic E-state index is 11.9. The van der Waals surface area contributed by atoms with Crippen molar-refractivity contribution in [3.8, 4) is 5.75 Å². The molecule has 19 heavy (non-hydrogen) atoms. The second-order valence-corrected chi connectivity index (χ2v) is 3.97. The number of nitrogens with two attached hydrogens (primary N) is 1. The molecule has 0 unspecified atom stereocenters. The van der Waals surface area contributed by atoms with Crippen LogP contribution < -0.4 is 15.8 Å². The van der Waals surface area contributed by atoms with Crippen LogP contribution >= 0.6 is 0 Å². The molecule has 0 bridgehead atoms. The summed E-state index contributed by atoms with van der Waals surface area (Å²) in [5.41, 5.74) is 6.64. The Kier molecular flexibility index (Phi) is 3.65. The number of anilines is 1. The normalized spacial score (nSPS) is 10.2. The number of nitrogens with one attached hydrogen (secondary N) is 1. The van der Waals surface area contributed by atoms with Crippen LogP contribution in [0, 0.1) is 0 Å². The van der Waals surface area contributed by atoms with Gasteiger partial charge in [0.25, 0.3) is 5.91 Å². The van der Waals surface area contributed by atoms with Crippen LogP contribution in [-0.2, 0) is 13.6 Å². The molecule has 1 heterocycles. The van der Waals surface area contributed by atoms with Gasteiger partial charge in [0, 0.05) is 12.6 Å². The molecule has 0 atom stereocenters. The molecular weight excluding hydrogens is 246 g/mol. The Morgan fingerprint density at radius 2 is 2.32 bits per heavy atom. The van der Waals surface area contributed by atoms with Gasteiger partial charge in [-0.05, 0) is 18.2 Å². The van der Waals surface area contributed by atoms with Gasteiger partial charge in [0.05, 0.1) is 19.3 Å². The van der Waals surface area contributed by atoms with Gasteiger partial charge in [0.2, 0.25) is 0 Å². The van der Waals surface area contributed by atoms with E-state index in [2.05, 4.69) is 15.4 Å². The number of aromatic nitrogens is 3. The number of nitrogens with zero attached hydrogens (tertiary/aromatic N) is 3. The highest BCUT2D eigenvalue weighted by molar-refractivity contribution is 5.95. The second-order valence-electron chi connectivity index (χ2n) is 3.97. The van der Waals surface area contributed by atoms with Gasteiger partial charge in [0.15, 0.2) is 5.82 Å². The minimum Gasteiger partial charge on any atom is -0.495 e. The Bertz CT molecular complexity index is 594. The maximum Gasteiger partial charge on any atom is 0.251 e. The Morgan fingerprint density at radius 1 is 1.53 bits per heavy atom. The number of hydrogen-bond acceptors (Lipinski definition) is 5. The molecule has 0 spiro atoms. The van der Waals surface area contributed by atoms with Gasteiger partial charge in [0.1, 0.15) is 12.1 Å². The monoisotopic (exact) mass is 261 g/mol. The zero-order valence-corrected chi connectivity index (χ0v) is 10.8. The molecule has 1 amide bonds. The highest BCUT2D eigenvalue weighted by Crippen LogP contribution is 2.21. The summed E-state index contributed by atoms with van der Waals surface area (Å²) in [6, 6.07) is 4.87. The molecule has 1 aromatic carbocycles. The number of benzene rings is 1. The summed E-state index contributed by atoms with van der Waals surface area (Å²) in [5.74, 6) is 0.863. The van der Waals surface area contributed by atoms with Gasteiger partial charge in [-0.15, -0.1) is 0 Å². The molecule has 0 saturated carbocycles. The van der Waals surface area contributed by atoms with E-state index < -0.39 is 0 Å². The van der Waals surface area contributed by atoms with Crippen molar-refractivity contribution in [3.05, 3.63) is 35.9 Å². The molecule has 0 aliphatic carbocycles. The van der Waals surface area contributed by atoms with Gasteiger partial charge >= 0.3 is 0 Å². The number of nitrogen functional groups attached to an aromatic ring is 1. The van der Waals surface area contributed by atoms with Crippen LogP contribution in [0.5, 0.6) is 5.75 Å². The topological polar surface area (TPSA) is 95.1 Å². The van der Waals surface area contributed by atoms with Gasteiger partial charge in [-0.1, -0.05) is 0 Å². The lowest BCUT2D eigenvalue weighted by Gasteiger charge is -2.07. The van der Waals surface area contributed by atoms with Crippen LogP contribution in [0.15, 0.2) is 24.5 Å². The lowest BCUT2D eigenvalue weighted by atomic mass is 10.2. The molecule has 100 valence electrons. The lowest BCUT2D eigenvalue weighted by molar-refractivity contribution is 0.0950. The van der Waals surface area contributed by atoms with Crippen LogP contribution in [-0.4, -0.2) is 27.8 Å². The molecular formula is C12H15N5O2. The number of amides is 1. The highest BCUT2D eigenvalue weighted by atomic mass is 16.5. The molecule has 2 rings (SSSR count). The summed E-state index contributed by atoms with van der Waals surface area (Å²) in [5, 5.41) is 6.79. The van der Waals surface area contributed by atoms with E-state index in [0.717, 1.165) is 0 Å². The minimum absolute atomic E-state index is 0.234. The van der Waals surface area contributed by atoms with E-state index in [4.69, 9.17) is 10.5 Å².